The van der Waals surface area contributed by atoms with Gasteiger partial charge in [0.1, 0.15) is 9.88 Å². The van der Waals surface area contributed by atoms with Gasteiger partial charge in [-0.2, -0.15) is 0 Å². The van der Waals surface area contributed by atoms with Gasteiger partial charge >= 0.3 is 5.97 Å². The molecular weight excluding hydrogens is 434 g/mol. The number of hydrogen-bond acceptors (Lipinski definition) is 6. The van der Waals surface area contributed by atoms with Crippen LogP contribution in [0.2, 0.25) is 0 Å². The molecule has 2 heterocycles. The van der Waals surface area contributed by atoms with E-state index < -0.39 is 5.97 Å². The standard InChI is InChI=1S/C26H19N3O3S/c1-17-23(33-25(28-17)22-11-3-4-14-27-22)24(30)29-21-10-6-8-19(16-21)13-12-18-7-5-9-20(15-18)26(31)32-2/h3-11,14-16H,1-2H3,(H,29,30). The van der Waals surface area contributed by atoms with Gasteiger partial charge < -0.3 is 10.1 Å². The number of nitrogens with one attached hydrogen (secondary N) is 1. The average Bonchev–Trinajstić information content (AvgIpc) is 3.25. The van der Waals surface area contributed by atoms with E-state index in [0.29, 0.717) is 32.4 Å². The molecule has 0 saturated heterocycles. The Morgan fingerprint density at radius 1 is 0.970 bits per heavy atom. The van der Waals surface area contributed by atoms with Gasteiger partial charge in [-0.3, -0.25) is 9.78 Å². The van der Waals surface area contributed by atoms with Gasteiger partial charge in [-0.25, -0.2) is 9.78 Å². The topological polar surface area (TPSA) is 81.2 Å². The Morgan fingerprint density at radius 3 is 2.45 bits per heavy atom. The number of carbonyl (C=O) groups is 2. The molecule has 33 heavy (non-hydrogen) atoms. The SMILES string of the molecule is COC(=O)c1cccc(C#Cc2cccc(NC(=O)c3sc(-c4ccccn4)nc3C)c2)c1. The summed E-state index contributed by atoms with van der Waals surface area (Å²) in [5, 5.41) is 3.62. The summed E-state index contributed by atoms with van der Waals surface area (Å²) in [4.78, 5) is 33.9. The van der Waals surface area contributed by atoms with Crippen LogP contribution in [0.1, 0.15) is 36.9 Å². The summed E-state index contributed by atoms with van der Waals surface area (Å²) in [6, 6.07) is 19.8. The molecule has 0 saturated carbocycles. The zero-order valence-electron chi connectivity index (χ0n) is 18.0. The zero-order valence-corrected chi connectivity index (χ0v) is 18.8. The second kappa shape index (κ2) is 9.90. The van der Waals surface area contributed by atoms with Crippen molar-refractivity contribution in [1.29, 1.82) is 0 Å². The van der Waals surface area contributed by atoms with Crippen molar-refractivity contribution in [3.63, 3.8) is 0 Å². The number of amides is 1. The fraction of sp³-hybridized carbons (Fsp3) is 0.0769. The molecule has 4 rings (SSSR count). The minimum atomic E-state index is -0.409. The highest BCUT2D eigenvalue weighted by Crippen LogP contribution is 2.27. The van der Waals surface area contributed by atoms with Crippen LogP contribution in [0.5, 0.6) is 0 Å². The molecule has 6 nitrogen and oxygen atoms in total. The van der Waals surface area contributed by atoms with Crippen molar-refractivity contribution in [1.82, 2.24) is 9.97 Å². The van der Waals surface area contributed by atoms with Crippen LogP contribution in [-0.2, 0) is 4.74 Å². The lowest BCUT2D eigenvalue weighted by Gasteiger charge is -2.04. The first-order chi connectivity index (χ1) is 16.0. The lowest BCUT2D eigenvalue weighted by atomic mass is 10.1. The van der Waals surface area contributed by atoms with Crippen LogP contribution in [0.4, 0.5) is 5.69 Å². The molecule has 4 aromatic rings. The Labute approximate surface area is 195 Å². The maximum atomic E-state index is 12.9. The smallest absolute Gasteiger partial charge is 0.337 e. The second-order valence-corrected chi connectivity index (χ2v) is 8.00. The van der Waals surface area contributed by atoms with Crippen molar-refractivity contribution in [3.8, 4) is 22.5 Å². The van der Waals surface area contributed by atoms with Crippen molar-refractivity contribution in [2.75, 3.05) is 12.4 Å². The second-order valence-electron chi connectivity index (χ2n) is 7.01. The molecule has 162 valence electrons. The number of pyridine rings is 1. The number of aromatic nitrogens is 2. The molecule has 0 radical (unpaired) electrons. The number of carbonyl (C=O) groups excluding carboxylic acids is 2. The van der Waals surface area contributed by atoms with Crippen molar-refractivity contribution >= 4 is 28.9 Å². The van der Waals surface area contributed by atoms with Crippen LogP contribution in [0.15, 0.2) is 72.9 Å². The first-order valence-electron chi connectivity index (χ1n) is 10.0. The van der Waals surface area contributed by atoms with Crippen LogP contribution in [0.3, 0.4) is 0 Å². The minimum Gasteiger partial charge on any atom is -0.465 e. The van der Waals surface area contributed by atoms with E-state index in [1.807, 2.05) is 43.3 Å². The largest absolute Gasteiger partial charge is 0.465 e. The maximum absolute atomic E-state index is 12.9. The maximum Gasteiger partial charge on any atom is 0.337 e. The van der Waals surface area contributed by atoms with Gasteiger partial charge in [0.05, 0.1) is 24.1 Å². The Kier molecular flexibility index (Phi) is 6.58. The summed E-state index contributed by atoms with van der Waals surface area (Å²) in [7, 11) is 1.34. The normalized spacial score (nSPS) is 10.1. The number of hydrogen-bond donors (Lipinski definition) is 1. The third-order valence-corrected chi connectivity index (χ3v) is 5.82. The lowest BCUT2D eigenvalue weighted by Crippen LogP contribution is -2.11. The number of esters is 1. The fourth-order valence-corrected chi connectivity index (χ4v) is 3.99. The van der Waals surface area contributed by atoms with Crippen LogP contribution in [-0.4, -0.2) is 29.0 Å². The molecular formula is C26H19N3O3S. The van der Waals surface area contributed by atoms with Gasteiger partial charge in [0.15, 0.2) is 0 Å². The van der Waals surface area contributed by atoms with Crippen molar-refractivity contribution in [3.05, 3.63) is 100 Å². The summed E-state index contributed by atoms with van der Waals surface area (Å²) in [5.74, 6) is 5.46. The highest BCUT2D eigenvalue weighted by atomic mass is 32.1. The third kappa shape index (κ3) is 5.32. The molecule has 0 aliphatic heterocycles. The molecule has 0 atom stereocenters. The molecule has 0 fully saturated rings. The molecule has 0 spiro atoms. The number of aryl methyl sites for hydroxylation is 1. The van der Waals surface area contributed by atoms with E-state index in [2.05, 4.69) is 27.1 Å². The monoisotopic (exact) mass is 453 g/mol. The Morgan fingerprint density at radius 2 is 1.73 bits per heavy atom. The van der Waals surface area contributed by atoms with Gasteiger partial charge in [-0.15, -0.1) is 11.3 Å². The van der Waals surface area contributed by atoms with Gasteiger partial charge in [-0.05, 0) is 55.5 Å². The quantitative estimate of drug-likeness (QED) is 0.349. The van der Waals surface area contributed by atoms with Gasteiger partial charge in [0.25, 0.3) is 5.91 Å². The van der Waals surface area contributed by atoms with Crippen LogP contribution in [0.25, 0.3) is 10.7 Å². The predicted octanol–water partition coefficient (Wildman–Crippen LogP) is 4.95. The van der Waals surface area contributed by atoms with E-state index in [0.717, 1.165) is 11.3 Å². The van der Waals surface area contributed by atoms with E-state index in [1.54, 1.807) is 36.5 Å². The van der Waals surface area contributed by atoms with E-state index in [1.165, 1.54) is 18.4 Å². The number of anilines is 1. The Bertz CT molecular complexity index is 1380. The van der Waals surface area contributed by atoms with Gasteiger partial charge in [-0.1, -0.05) is 30.0 Å². The van der Waals surface area contributed by atoms with Crippen LogP contribution < -0.4 is 5.32 Å². The van der Waals surface area contributed by atoms with E-state index in [4.69, 9.17) is 4.74 Å². The molecule has 0 unspecified atom stereocenters. The molecule has 1 amide bonds. The van der Waals surface area contributed by atoms with Crippen molar-refractivity contribution in [2.45, 2.75) is 6.92 Å². The summed E-state index contributed by atoms with van der Waals surface area (Å²) >= 11 is 1.31. The van der Waals surface area contributed by atoms with Crippen molar-refractivity contribution < 1.29 is 14.3 Å². The first-order valence-corrected chi connectivity index (χ1v) is 10.9. The number of methoxy groups -OCH3 is 1. The van der Waals surface area contributed by atoms with Crippen molar-refractivity contribution in [2.24, 2.45) is 0 Å². The Hall–Kier alpha value is -4.28. The highest BCUT2D eigenvalue weighted by Gasteiger charge is 2.17. The van der Waals surface area contributed by atoms with Crippen LogP contribution >= 0.6 is 11.3 Å². The fourth-order valence-electron chi connectivity index (χ4n) is 3.05. The summed E-state index contributed by atoms with van der Waals surface area (Å²) < 4.78 is 4.74. The Balaban J connectivity index is 1.51. The third-order valence-electron chi connectivity index (χ3n) is 4.64. The molecule has 0 aliphatic carbocycles. The van der Waals surface area contributed by atoms with Crippen LogP contribution in [0, 0.1) is 18.8 Å². The first kappa shape index (κ1) is 21.9. The minimum absolute atomic E-state index is 0.233. The zero-order chi connectivity index (χ0) is 23.2. The molecule has 0 bridgehead atoms. The molecule has 7 heteroatoms. The molecule has 2 aromatic carbocycles. The van der Waals surface area contributed by atoms with E-state index >= 15 is 0 Å². The molecule has 0 aliphatic rings. The number of thiazole rings is 1. The molecule has 2 aromatic heterocycles. The number of nitrogens with zero attached hydrogens (tertiary/aromatic N) is 2. The van der Waals surface area contributed by atoms with Gasteiger partial charge in [0.2, 0.25) is 0 Å². The summed E-state index contributed by atoms with van der Waals surface area (Å²) in [5.41, 5.74) is 3.87. The average molecular weight is 454 g/mol. The summed E-state index contributed by atoms with van der Waals surface area (Å²) in [6.07, 6.45) is 1.70. The summed E-state index contributed by atoms with van der Waals surface area (Å²) in [6.45, 7) is 1.81. The highest BCUT2D eigenvalue weighted by molar-refractivity contribution is 7.17. The van der Waals surface area contributed by atoms with E-state index in [9.17, 15) is 9.59 Å². The number of rotatable bonds is 4. The molecule has 1 N–H and O–H groups in total. The predicted molar refractivity (Wildman–Crippen MR) is 128 cm³/mol. The lowest BCUT2D eigenvalue weighted by molar-refractivity contribution is 0.0600. The van der Waals surface area contributed by atoms with Gasteiger partial charge in [0, 0.05) is 23.0 Å². The number of benzene rings is 2. The number of ether oxygens (including phenoxy) is 1. The van der Waals surface area contributed by atoms with E-state index in [-0.39, 0.29) is 5.91 Å².